The lowest BCUT2D eigenvalue weighted by Gasteiger charge is -2.13. The van der Waals surface area contributed by atoms with Gasteiger partial charge in [0.2, 0.25) is 0 Å². The van der Waals surface area contributed by atoms with Gasteiger partial charge in [-0.05, 0) is 55.0 Å². The SMILES string of the molecule is CCCCc1ccc(-c2c([O])cc(F)c(CCc3cc(F)c(F)c(F)c3)c2F)c(F)c1. The molecule has 31 heavy (non-hydrogen) atoms. The molecule has 0 fully saturated rings. The molecule has 3 aromatic carbocycles. The zero-order valence-electron chi connectivity index (χ0n) is 16.7. The van der Waals surface area contributed by atoms with Crippen molar-refractivity contribution in [2.45, 2.75) is 39.0 Å². The summed E-state index contributed by atoms with van der Waals surface area (Å²) in [6.07, 6.45) is 1.78. The maximum absolute atomic E-state index is 15.1. The smallest absolute Gasteiger partial charge is 0.194 e. The van der Waals surface area contributed by atoms with Gasteiger partial charge in [-0.25, -0.2) is 26.3 Å². The van der Waals surface area contributed by atoms with Gasteiger partial charge < -0.3 is 0 Å². The molecular formula is C24H19F6O. The third-order valence-electron chi connectivity index (χ3n) is 5.11. The first kappa shape index (κ1) is 22.7. The molecule has 0 atom stereocenters. The minimum Gasteiger partial charge on any atom is -0.289 e. The third kappa shape index (κ3) is 4.86. The number of hydrogen-bond acceptors (Lipinski definition) is 0. The fourth-order valence-corrected chi connectivity index (χ4v) is 3.44. The molecule has 3 aromatic rings. The van der Waals surface area contributed by atoms with Crippen molar-refractivity contribution in [2.24, 2.45) is 0 Å². The largest absolute Gasteiger partial charge is 0.289 e. The van der Waals surface area contributed by atoms with E-state index >= 15 is 4.39 Å². The van der Waals surface area contributed by atoms with Gasteiger partial charge in [-0.1, -0.05) is 25.5 Å². The maximum atomic E-state index is 15.1. The molecule has 0 aromatic heterocycles. The van der Waals surface area contributed by atoms with Crippen molar-refractivity contribution in [3.8, 4) is 16.9 Å². The number of rotatable bonds is 7. The van der Waals surface area contributed by atoms with Crippen LogP contribution in [0.3, 0.4) is 0 Å². The van der Waals surface area contributed by atoms with Crippen LogP contribution in [0.5, 0.6) is 5.75 Å². The second-order valence-corrected chi connectivity index (χ2v) is 7.32. The van der Waals surface area contributed by atoms with Gasteiger partial charge in [-0.3, -0.25) is 5.11 Å². The van der Waals surface area contributed by atoms with Crippen LogP contribution in [0.15, 0.2) is 36.4 Å². The first-order chi connectivity index (χ1) is 14.7. The summed E-state index contributed by atoms with van der Waals surface area (Å²) < 4.78 is 83.8. The van der Waals surface area contributed by atoms with E-state index in [1.807, 2.05) is 6.92 Å². The number of hydrogen-bond donors (Lipinski definition) is 0. The van der Waals surface area contributed by atoms with Crippen molar-refractivity contribution in [1.29, 1.82) is 0 Å². The molecule has 0 aliphatic rings. The van der Waals surface area contributed by atoms with Gasteiger partial charge >= 0.3 is 0 Å². The van der Waals surface area contributed by atoms with Crippen LogP contribution in [0.1, 0.15) is 36.5 Å². The minimum absolute atomic E-state index is 0.0191. The topological polar surface area (TPSA) is 19.9 Å². The summed E-state index contributed by atoms with van der Waals surface area (Å²) >= 11 is 0. The summed E-state index contributed by atoms with van der Waals surface area (Å²) in [6.45, 7) is 1.98. The molecule has 1 radical (unpaired) electrons. The van der Waals surface area contributed by atoms with Crippen LogP contribution in [0.4, 0.5) is 26.3 Å². The van der Waals surface area contributed by atoms with Crippen molar-refractivity contribution in [3.63, 3.8) is 0 Å². The molecule has 0 heterocycles. The summed E-state index contributed by atoms with van der Waals surface area (Å²) in [5, 5.41) is 12.2. The van der Waals surface area contributed by atoms with Crippen LogP contribution in [0.2, 0.25) is 0 Å². The van der Waals surface area contributed by atoms with Crippen molar-refractivity contribution in [1.82, 2.24) is 0 Å². The van der Waals surface area contributed by atoms with E-state index in [0.717, 1.165) is 25.0 Å². The molecule has 163 valence electrons. The Hall–Kier alpha value is -2.96. The maximum Gasteiger partial charge on any atom is 0.194 e. The standard InChI is InChI=1S/C24H19F6O/c1-2-3-4-13-5-7-15(17(25)9-13)22-21(31)12-18(26)16(23(22)29)8-6-14-10-19(27)24(30)20(28)11-14/h5,7,9-12H,2-4,6,8H2,1H3. The number of unbranched alkanes of at least 4 members (excludes halogenated alkanes) is 1. The Bertz CT molecular complexity index is 1090. The van der Waals surface area contributed by atoms with E-state index in [1.165, 1.54) is 12.1 Å². The third-order valence-corrected chi connectivity index (χ3v) is 5.11. The molecule has 0 N–H and O–H groups in total. The van der Waals surface area contributed by atoms with Crippen LogP contribution in [-0.2, 0) is 24.4 Å². The average Bonchev–Trinajstić information content (AvgIpc) is 2.71. The van der Waals surface area contributed by atoms with Gasteiger partial charge in [-0.15, -0.1) is 0 Å². The summed E-state index contributed by atoms with van der Waals surface area (Å²) in [5.41, 5.74) is -0.738. The lowest BCUT2D eigenvalue weighted by molar-refractivity contribution is 0.350. The minimum atomic E-state index is -1.64. The van der Waals surface area contributed by atoms with Gasteiger partial charge in [0.25, 0.3) is 0 Å². The summed E-state index contributed by atoms with van der Waals surface area (Å²) in [4.78, 5) is 0. The van der Waals surface area contributed by atoms with Crippen molar-refractivity contribution in [2.75, 3.05) is 0 Å². The van der Waals surface area contributed by atoms with E-state index in [1.54, 1.807) is 6.07 Å². The summed E-state index contributed by atoms with van der Waals surface area (Å²) in [5.74, 6) is -8.67. The molecule has 3 rings (SSSR count). The van der Waals surface area contributed by atoms with Crippen LogP contribution >= 0.6 is 0 Å². The van der Waals surface area contributed by atoms with Crippen LogP contribution < -0.4 is 0 Å². The Morgan fingerprint density at radius 1 is 0.677 bits per heavy atom. The van der Waals surface area contributed by atoms with Crippen LogP contribution in [0, 0.1) is 34.9 Å². The lowest BCUT2D eigenvalue weighted by atomic mass is 9.95. The second-order valence-electron chi connectivity index (χ2n) is 7.32. The Morgan fingerprint density at radius 2 is 1.32 bits per heavy atom. The first-order valence-electron chi connectivity index (χ1n) is 9.83. The summed E-state index contributed by atoms with van der Waals surface area (Å²) in [7, 11) is 0. The Labute approximate surface area is 176 Å². The van der Waals surface area contributed by atoms with E-state index in [9.17, 15) is 27.1 Å². The highest BCUT2D eigenvalue weighted by molar-refractivity contribution is 5.72. The molecule has 1 nitrogen and oxygen atoms in total. The molecule has 0 spiro atoms. The normalized spacial score (nSPS) is 11.2. The van der Waals surface area contributed by atoms with Gasteiger partial charge in [0, 0.05) is 17.2 Å². The van der Waals surface area contributed by atoms with Gasteiger partial charge in [-0.2, -0.15) is 0 Å². The fraction of sp³-hybridized carbons (Fsp3) is 0.250. The van der Waals surface area contributed by atoms with E-state index < -0.39 is 51.8 Å². The van der Waals surface area contributed by atoms with Crippen LogP contribution in [-0.4, -0.2) is 0 Å². The average molecular weight is 437 g/mol. The molecule has 0 unspecified atom stereocenters. The monoisotopic (exact) mass is 437 g/mol. The molecule has 0 aliphatic heterocycles. The van der Waals surface area contributed by atoms with E-state index in [4.69, 9.17) is 0 Å². The Morgan fingerprint density at radius 3 is 1.94 bits per heavy atom. The molecule has 0 aliphatic carbocycles. The molecular weight excluding hydrogens is 418 g/mol. The number of halogens is 6. The van der Waals surface area contributed by atoms with E-state index in [0.29, 0.717) is 18.1 Å². The van der Waals surface area contributed by atoms with Crippen molar-refractivity contribution >= 4 is 0 Å². The highest BCUT2D eigenvalue weighted by Crippen LogP contribution is 2.38. The quantitative estimate of drug-likeness (QED) is 0.270. The highest BCUT2D eigenvalue weighted by Gasteiger charge is 2.23. The van der Waals surface area contributed by atoms with E-state index in [-0.39, 0.29) is 24.0 Å². The zero-order chi connectivity index (χ0) is 22.7. The van der Waals surface area contributed by atoms with Gasteiger partial charge in [0.15, 0.2) is 23.2 Å². The predicted octanol–water partition coefficient (Wildman–Crippen LogP) is 7.46. The van der Waals surface area contributed by atoms with E-state index in [2.05, 4.69) is 0 Å². The molecule has 0 saturated heterocycles. The lowest BCUT2D eigenvalue weighted by Crippen LogP contribution is -2.03. The van der Waals surface area contributed by atoms with Crippen molar-refractivity contribution < 1.29 is 31.4 Å². The second kappa shape index (κ2) is 9.45. The Kier molecular flexibility index (Phi) is 6.93. The predicted molar refractivity (Wildman–Crippen MR) is 104 cm³/mol. The number of aryl methyl sites for hydroxylation is 2. The molecule has 7 heteroatoms. The van der Waals surface area contributed by atoms with Crippen LogP contribution in [0.25, 0.3) is 11.1 Å². The Balaban J connectivity index is 1.95. The van der Waals surface area contributed by atoms with Gasteiger partial charge in [0.05, 0.1) is 5.56 Å². The first-order valence-corrected chi connectivity index (χ1v) is 9.83. The molecule has 0 amide bonds. The number of benzene rings is 3. The molecule has 0 bridgehead atoms. The zero-order valence-corrected chi connectivity index (χ0v) is 16.7. The van der Waals surface area contributed by atoms with Crippen molar-refractivity contribution in [3.05, 3.63) is 88.0 Å². The summed E-state index contributed by atoms with van der Waals surface area (Å²) in [6, 6.07) is 6.10. The highest BCUT2D eigenvalue weighted by atomic mass is 19.2. The van der Waals surface area contributed by atoms with Gasteiger partial charge in [0.1, 0.15) is 17.5 Å². The molecule has 0 saturated carbocycles. The fourth-order valence-electron chi connectivity index (χ4n) is 3.44.